The summed E-state index contributed by atoms with van der Waals surface area (Å²) in [5.74, 6) is 7.34. The monoisotopic (exact) mass is 134 g/mol. The Morgan fingerprint density at radius 2 is 1.80 bits per heavy atom. The fourth-order valence-electron chi connectivity index (χ4n) is 4.97. The lowest BCUT2D eigenvalue weighted by Crippen LogP contribution is -2.20. The predicted octanol–water partition coefficient (Wildman–Crippen LogP) is 2.15. The van der Waals surface area contributed by atoms with Crippen molar-refractivity contribution in [3.05, 3.63) is 0 Å². The minimum atomic E-state index is 1.06. The molecule has 0 aromatic rings. The lowest BCUT2D eigenvalue weighted by molar-refractivity contribution is 0.222. The molecule has 4 rings (SSSR count). The van der Waals surface area contributed by atoms with E-state index in [9.17, 15) is 0 Å². The van der Waals surface area contributed by atoms with Crippen LogP contribution in [-0.2, 0) is 0 Å². The van der Waals surface area contributed by atoms with E-state index < -0.39 is 0 Å². The molecule has 5 unspecified atom stereocenters. The molecule has 4 aliphatic rings. The SMILES string of the molecule is CCC1C(C)C2[C@@H]3C4[C@H]1C243. The van der Waals surface area contributed by atoms with Crippen molar-refractivity contribution in [1.82, 2.24) is 0 Å². The zero-order valence-corrected chi connectivity index (χ0v) is 6.67. The van der Waals surface area contributed by atoms with Gasteiger partial charge in [-0.25, -0.2) is 0 Å². The summed E-state index contributed by atoms with van der Waals surface area (Å²) >= 11 is 0. The Bertz CT molecular complexity index is 230. The van der Waals surface area contributed by atoms with Gasteiger partial charge < -0.3 is 0 Å². The molecule has 4 aliphatic carbocycles. The number of fused-ring (bicyclic) bond motifs is 3. The summed E-state index contributed by atoms with van der Waals surface area (Å²) in [6, 6.07) is 0. The Morgan fingerprint density at radius 1 is 1.10 bits per heavy atom. The van der Waals surface area contributed by atoms with Gasteiger partial charge in [-0.3, -0.25) is 0 Å². The highest BCUT2D eigenvalue weighted by molar-refractivity contribution is 5.53. The summed E-state index contributed by atoms with van der Waals surface area (Å²) < 4.78 is 0. The maximum atomic E-state index is 2.50. The van der Waals surface area contributed by atoms with Crippen LogP contribution in [0.5, 0.6) is 0 Å². The van der Waals surface area contributed by atoms with E-state index in [2.05, 4.69) is 13.8 Å². The Labute approximate surface area is 62.0 Å². The second-order valence-corrected chi connectivity index (χ2v) is 5.03. The van der Waals surface area contributed by atoms with E-state index in [4.69, 9.17) is 0 Å². The molecule has 1 spiro atoms. The summed E-state index contributed by atoms with van der Waals surface area (Å²) in [5.41, 5.74) is 1.06. The molecule has 0 N–H and O–H groups in total. The van der Waals surface area contributed by atoms with Crippen LogP contribution in [0, 0.1) is 40.9 Å². The molecular formula is C10H14. The van der Waals surface area contributed by atoms with Crippen LogP contribution >= 0.6 is 0 Å². The van der Waals surface area contributed by atoms with E-state index in [-0.39, 0.29) is 0 Å². The fourth-order valence-corrected chi connectivity index (χ4v) is 4.97. The Hall–Kier alpha value is 0. The van der Waals surface area contributed by atoms with Crippen LogP contribution in [0.25, 0.3) is 0 Å². The molecule has 0 aromatic carbocycles. The van der Waals surface area contributed by atoms with Gasteiger partial charge in [0.25, 0.3) is 0 Å². The predicted molar refractivity (Wildman–Crippen MR) is 39.3 cm³/mol. The van der Waals surface area contributed by atoms with Crippen molar-refractivity contribution in [2.75, 3.05) is 0 Å². The highest BCUT2D eigenvalue weighted by Crippen LogP contribution is 3.10. The summed E-state index contributed by atoms with van der Waals surface area (Å²) in [7, 11) is 0. The first kappa shape index (κ1) is 4.79. The van der Waals surface area contributed by atoms with Gasteiger partial charge in [-0.05, 0) is 40.9 Å². The van der Waals surface area contributed by atoms with Crippen LogP contribution in [0.4, 0.5) is 0 Å². The Morgan fingerprint density at radius 3 is 2.20 bits per heavy atom. The molecule has 0 heterocycles. The molecule has 4 saturated carbocycles. The Balaban J connectivity index is 1.78. The maximum Gasteiger partial charge on any atom is -0.0161 e. The van der Waals surface area contributed by atoms with Gasteiger partial charge in [-0.2, -0.15) is 0 Å². The summed E-state index contributed by atoms with van der Waals surface area (Å²) in [5, 5.41) is 0. The smallest absolute Gasteiger partial charge is 0.0161 e. The molecular weight excluding hydrogens is 120 g/mol. The van der Waals surface area contributed by atoms with Crippen LogP contribution in [-0.4, -0.2) is 0 Å². The lowest BCUT2D eigenvalue weighted by Gasteiger charge is -2.26. The van der Waals surface area contributed by atoms with Crippen molar-refractivity contribution < 1.29 is 0 Å². The Kier molecular flexibility index (Phi) is 0.442. The minimum Gasteiger partial charge on any atom is -0.0651 e. The second-order valence-electron chi connectivity index (χ2n) is 5.03. The summed E-state index contributed by atoms with van der Waals surface area (Å²) in [4.78, 5) is 0. The van der Waals surface area contributed by atoms with Gasteiger partial charge in [-0.15, -0.1) is 0 Å². The van der Waals surface area contributed by atoms with E-state index in [0.29, 0.717) is 0 Å². The van der Waals surface area contributed by atoms with Gasteiger partial charge >= 0.3 is 0 Å². The molecule has 0 aliphatic heterocycles. The second kappa shape index (κ2) is 0.922. The number of rotatable bonds is 1. The maximum absolute atomic E-state index is 2.50. The van der Waals surface area contributed by atoms with Crippen molar-refractivity contribution >= 4 is 0 Å². The molecule has 0 radical (unpaired) electrons. The first-order valence-electron chi connectivity index (χ1n) is 4.85. The first-order chi connectivity index (χ1) is 4.85. The number of hydrogen-bond acceptors (Lipinski definition) is 0. The molecule has 0 saturated heterocycles. The summed E-state index contributed by atoms with van der Waals surface area (Å²) in [6.07, 6.45) is 1.47. The molecule has 7 atom stereocenters. The zero-order chi connectivity index (χ0) is 6.67. The third kappa shape index (κ3) is 0.202. The molecule has 0 amide bonds. The summed E-state index contributed by atoms with van der Waals surface area (Å²) in [6.45, 7) is 4.89. The van der Waals surface area contributed by atoms with Gasteiger partial charge in [0, 0.05) is 0 Å². The molecule has 4 fully saturated rings. The van der Waals surface area contributed by atoms with E-state index in [1.807, 2.05) is 0 Å². The standard InChI is InChI=1S/C10H14/c1-3-5-4(2)6-8-9-7(5)10(6,8)9/h4-9H,3H2,1-2H3/t4?,5?,6?,7-,8+,9?,10?/m0/s1. The molecule has 0 bridgehead atoms. The largest absolute Gasteiger partial charge is 0.0651 e. The van der Waals surface area contributed by atoms with Gasteiger partial charge in [0.15, 0.2) is 0 Å². The van der Waals surface area contributed by atoms with Gasteiger partial charge in [-0.1, -0.05) is 20.3 Å². The third-order valence-corrected chi connectivity index (χ3v) is 5.32. The molecule has 0 aromatic heterocycles. The highest BCUT2D eigenvalue weighted by atomic mass is 15.1. The van der Waals surface area contributed by atoms with Crippen molar-refractivity contribution in [3.63, 3.8) is 0 Å². The van der Waals surface area contributed by atoms with E-state index >= 15 is 0 Å². The van der Waals surface area contributed by atoms with Crippen LogP contribution in [0.15, 0.2) is 0 Å². The van der Waals surface area contributed by atoms with Crippen LogP contribution < -0.4 is 0 Å². The van der Waals surface area contributed by atoms with Crippen molar-refractivity contribution in [2.24, 2.45) is 40.9 Å². The van der Waals surface area contributed by atoms with Crippen LogP contribution in [0.2, 0.25) is 0 Å². The van der Waals surface area contributed by atoms with Crippen molar-refractivity contribution in [1.29, 1.82) is 0 Å². The normalized spacial score (nSPS) is 85.8. The fraction of sp³-hybridized carbons (Fsp3) is 1.00. The molecule has 54 valence electrons. The molecule has 0 heteroatoms. The lowest BCUT2D eigenvalue weighted by atomic mass is 9.79. The average Bonchev–Trinajstić information content (AvgIpc) is 2.75. The van der Waals surface area contributed by atoms with E-state index in [1.54, 1.807) is 0 Å². The van der Waals surface area contributed by atoms with Gasteiger partial charge in [0.05, 0.1) is 0 Å². The van der Waals surface area contributed by atoms with Crippen LogP contribution in [0.3, 0.4) is 0 Å². The van der Waals surface area contributed by atoms with E-state index in [1.165, 1.54) is 30.1 Å². The highest BCUT2D eigenvalue weighted by Gasteiger charge is 3.07. The van der Waals surface area contributed by atoms with Gasteiger partial charge in [0.2, 0.25) is 0 Å². The number of hydrogen-bond donors (Lipinski definition) is 0. The van der Waals surface area contributed by atoms with E-state index in [0.717, 1.165) is 17.3 Å². The average molecular weight is 134 g/mol. The van der Waals surface area contributed by atoms with Crippen LogP contribution in [0.1, 0.15) is 20.3 Å². The van der Waals surface area contributed by atoms with Gasteiger partial charge in [0.1, 0.15) is 0 Å². The van der Waals surface area contributed by atoms with Crippen molar-refractivity contribution in [3.8, 4) is 0 Å². The quantitative estimate of drug-likeness (QED) is 0.515. The minimum absolute atomic E-state index is 1.06. The molecule has 10 heavy (non-hydrogen) atoms. The van der Waals surface area contributed by atoms with Crippen molar-refractivity contribution in [2.45, 2.75) is 20.3 Å². The topological polar surface area (TPSA) is 0 Å². The third-order valence-electron chi connectivity index (χ3n) is 5.32. The first-order valence-corrected chi connectivity index (χ1v) is 4.85. The zero-order valence-electron chi connectivity index (χ0n) is 6.67. The molecule has 0 nitrogen and oxygen atoms in total.